The highest BCUT2D eigenvalue weighted by Crippen LogP contribution is 2.20. The smallest absolute Gasteiger partial charge is 0.159 e. The quantitative estimate of drug-likeness (QED) is 0.791. The number of hydrogen-bond donors (Lipinski definition) is 1. The van der Waals surface area contributed by atoms with E-state index in [1.807, 2.05) is 13.0 Å². The summed E-state index contributed by atoms with van der Waals surface area (Å²) in [5.74, 6) is 1.68. The molecule has 1 N–H and O–H groups in total. The molecule has 0 aliphatic carbocycles. The zero-order valence-corrected chi connectivity index (χ0v) is 11.3. The maximum Gasteiger partial charge on any atom is 0.159 e. The summed E-state index contributed by atoms with van der Waals surface area (Å²) in [5.41, 5.74) is 0.978. The molecule has 4 heteroatoms. The predicted molar refractivity (Wildman–Crippen MR) is 70.2 cm³/mol. The van der Waals surface area contributed by atoms with Crippen LogP contribution in [0, 0.1) is 6.92 Å². The second-order valence-electron chi connectivity index (χ2n) is 4.19. The Bertz CT molecular complexity index is 341. The molecule has 96 valence electrons. The number of aromatic nitrogens is 2. The molecule has 0 aliphatic heterocycles. The van der Waals surface area contributed by atoms with Crippen LogP contribution in [-0.4, -0.2) is 23.6 Å². The first kappa shape index (κ1) is 13.9. The van der Waals surface area contributed by atoms with Gasteiger partial charge in [-0.1, -0.05) is 20.3 Å². The zero-order chi connectivity index (χ0) is 12.7. The molecule has 17 heavy (non-hydrogen) atoms. The molecule has 0 saturated heterocycles. The van der Waals surface area contributed by atoms with E-state index in [0.717, 1.165) is 43.1 Å². The van der Waals surface area contributed by atoms with E-state index < -0.39 is 0 Å². The summed E-state index contributed by atoms with van der Waals surface area (Å²) in [6.07, 6.45) is 3.10. The molecule has 1 unspecified atom stereocenters. The Labute approximate surface area is 104 Å². The van der Waals surface area contributed by atoms with Crippen molar-refractivity contribution in [2.75, 3.05) is 19.0 Å². The Kier molecular flexibility index (Phi) is 5.91. The second-order valence-corrected chi connectivity index (χ2v) is 4.19. The fourth-order valence-electron chi connectivity index (χ4n) is 1.69. The third kappa shape index (κ3) is 4.30. The van der Waals surface area contributed by atoms with Gasteiger partial charge in [-0.05, 0) is 19.8 Å². The molecule has 1 aromatic heterocycles. The molecule has 0 saturated carbocycles. The van der Waals surface area contributed by atoms with Gasteiger partial charge in [0.2, 0.25) is 0 Å². The van der Waals surface area contributed by atoms with Crippen LogP contribution in [0.2, 0.25) is 0 Å². The van der Waals surface area contributed by atoms with Gasteiger partial charge in [-0.15, -0.1) is 0 Å². The highest BCUT2D eigenvalue weighted by Gasteiger charge is 2.14. The Morgan fingerprint density at radius 3 is 2.65 bits per heavy atom. The van der Waals surface area contributed by atoms with Crippen LogP contribution >= 0.6 is 0 Å². The average molecular weight is 237 g/mol. The summed E-state index contributed by atoms with van der Waals surface area (Å²) < 4.78 is 5.44. The summed E-state index contributed by atoms with van der Waals surface area (Å²) >= 11 is 0. The molecule has 4 nitrogen and oxygen atoms in total. The normalized spacial score (nSPS) is 12.5. The van der Waals surface area contributed by atoms with Crippen molar-refractivity contribution in [1.82, 2.24) is 9.97 Å². The minimum Gasteiger partial charge on any atom is -0.373 e. The van der Waals surface area contributed by atoms with Crippen LogP contribution < -0.4 is 5.32 Å². The van der Waals surface area contributed by atoms with Gasteiger partial charge in [0.05, 0.1) is 0 Å². The molecule has 1 rings (SSSR count). The number of nitrogens with zero attached hydrogens (tertiary/aromatic N) is 2. The van der Waals surface area contributed by atoms with E-state index in [1.54, 1.807) is 7.11 Å². The number of rotatable bonds is 7. The van der Waals surface area contributed by atoms with Gasteiger partial charge >= 0.3 is 0 Å². The van der Waals surface area contributed by atoms with Gasteiger partial charge < -0.3 is 10.1 Å². The number of ether oxygens (including phenoxy) is 1. The molecule has 0 fully saturated rings. The van der Waals surface area contributed by atoms with Crippen LogP contribution in [0.3, 0.4) is 0 Å². The van der Waals surface area contributed by atoms with Gasteiger partial charge in [0.25, 0.3) is 0 Å². The summed E-state index contributed by atoms with van der Waals surface area (Å²) in [5, 5.41) is 3.29. The van der Waals surface area contributed by atoms with Crippen molar-refractivity contribution in [3.8, 4) is 0 Å². The number of methoxy groups -OCH3 is 1. The summed E-state index contributed by atoms with van der Waals surface area (Å²) in [6, 6.07) is 1.97. The zero-order valence-electron chi connectivity index (χ0n) is 11.3. The number of nitrogens with one attached hydrogen (secondary N) is 1. The van der Waals surface area contributed by atoms with Crippen molar-refractivity contribution in [2.45, 2.75) is 46.1 Å². The van der Waals surface area contributed by atoms with E-state index in [-0.39, 0.29) is 6.10 Å². The van der Waals surface area contributed by atoms with Crippen molar-refractivity contribution >= 4 is 5.82 Å². The molecule has 1 atom stereocenters. The minimum atomic E-state index is 0.00192. The van der Waals surface area contributed by atoms with Gasteiger partial charge in [-0.2, -0.15) is 0 Å². The van der Waals surface area contributed by atoms with Crippen LogP contribution in [-0.2, 0) is 4.74 Å². The Morgan fingerprint density at radius 1 is 1.29 bits per heavy atom. The predicted octanol–water partition coefficient (Wildman–Crippen LogP) is 3.09. The van der Waals surface area contributed by atoms with E-state index in [9.17, 15) is 0 Å². The molecule has 0 radical (unpaired) electrons. The van der Waals surface area contributed by atoms with E-state index >= 15 is 0 Å². The first-order chi connectivity index (χ1) is 8.21. The number of aryl methyl sites for hydroxylation is 1. The monoisotopic (exact) mass is 237 g/mol. The largest absolute Gasteiger partial charge is 0.373 e. The summed E-state index contributed by atoms with van der Waals surface area (Å²) in [4.78, 5) is 8.97. The Hall–Kier alpha value is -1.16. The van der Waals surface area contributed by atoms with Crippen molar-refractivity contribution < 1.29 is 4.74 Å². The summed E-state index contributed by atoms with van der Waals surface area (Å²) in [6.45, 7) is 7.19. The van der Waals surface area contributed by atoms with Gasteiger partial charge in [0.15, 0.2) is 5.82 Å². The maximum absolute atomic E-state index is 5.44. The molecular weight excluding hydrogens is 214 g/mol. The second kappa shape index (κ2) is 7.22. The highest BCUT2D eigenvalue weighted by atomic mass is 16.5. The molecule has 0 aromatic carbocycles. The van der Waals surface area contributed by atoms with Crippen LogP contribution in [0.25, 0.3) is 0 Å². The molecule has 0 bridgehead atoms. The first-order valence-corrected chi connectivity index (χ1v) is 6.33. The van der Waals surface area contributed by atoms with Crippen molar-refractivity contribution in [2.24, 2.45) is 0 Å². The van der Waals surface area contributed by atoms with Crippen LogP contribution in [0.5, 0.6) is 0 Å². The highest BCUT2D eigenvalue weighted by molar-refractivity contribution is 5.35. The third-order valence-electron chi connectivity index (χ3n) is 2.55. The van der Waals surface area contributed by atoms with Crippen molar-refractivity contribution in [1.29, 1.82) is 0 Å². The summed E-state index contributed by atoms with van der Waals surface area (Å²) in [7, 11) is 1.71. The molecule has 0 aliphatic rings. The van der Waals surface area contributed by atoms with E-state index in [4.69, 9.17) is 4.74 Å². The molecule has 0 spiro atoms. The lowest BCUT2D eigenvalue weighted by molar-refractivity contribution is 0.0876. The fourth-order valence-corrected chi connectivity index (χ4v) is 1.69. The average Bonchev–Trinajstić information content (AvgIpc) is 2.32. The van der Waals surface area contributed by atoms with Gasteiger partial charge in [0.1, 0.15) is 11.9 Å². The number of hydrogen-bond acceptors (Lipinski definition) is 4. The van der Waals surface area contributed by atoms with E-state index in [2.05, 4.69) is 29.1 Å². The third-order valence-corrected chi connectivity index (χ3v) is 2.55. The maximum atomic E-state index is 5.44. The standard InChI is InChI=1S/C13H23N3O/c1-5-7-11(17-4)13-15-10(3)9-12(16-13)14-8-6-2/h9,11H,5-8H2,1-4H3,(H,14,15,16). The van der Waals surface area contributed by atoms with Crippen LogP contribution in [0.15, 0.2) is 6.07 Å². The first-order valence-electron chi connectivity index (χ1n) is 6.33. The van der Waals surface area contributed by atoms with Gasteiger partial charge in [-0.3, -0.25) is 0 Å². The lowest BCUT2D eigenvalue weighted by Gasteiger charge is -2.15. The lowest BCUT2D eigenvalue weighted by Crippen LogP contribution is -2.11. The Balaban J connectivity index is 2.86. The minimum absolute atomic E-state index is 0.00192. The van der Waals surface area contributed by atoms with Gasteiger partial charge in [0, 0.05) is 25.4 Å². The lowest BCUT2D eigenvalue weighted by atomic mass is 10.2. The van der Waals surface area contributed by atoms with Crippen molar-refractivity contribution in [3.63, 3.8) is 0 Å². The van der Waals surface area contributed by atoms with E-state index in [1.165, 1.54) is 0 Å². The van der Waals surface area contributed by atoms with Crippen LogP contribution in [0.1, 0.15) is 50.7 Å². The Morgan fingerprint density at radius 2 is 2.06 bits per heavy atom. The van der Waals surface area contributed by atoms with Gasteiger partial charge in [-0.25, -0.2) is 9.97 Å². The van der Waals surface area contributed by atoms with Crippen molar-refractivity contribution in [3.05, 3.63) is 17.6 Å². The molecular formula is C13H23N3O. The topological polar surface area (TPSA) is 47.0 Å². The SMILES string of the molecule is CCCNc1cc(C)nc(C(CCC)OC)n1. The number of anilines is 1. The molecule has 1 heterocycles. The van der Waals surface area contributed by atoms with E-state index in [0.29, 0.717) is 0 Å². The molecule has 1 aromatic rings. The fraction of sp³-hybridized carbons (Fsp3) is 0.692. The van der Waals surface area contributed by atoms with Crippen LogP contribution in [0.4, 0.5) is 5.82 Å². The molecule has 0 amide bonds.